The van der Waals surface area contributed by atoms with Crippen LogP contribution in [-0.4, -0.2) is 58.1 Å². The van der Waals surface area contributed by atoms with E-state index in [4.69, 9.17) is 0 Å². The summed E-state index contributed by atoms with van der Waals surface area (Å²) in [5.74, 6) is 0.0610. The Balaban J connectivity index is 1.61. The first-order valence-electron chi connectivity index (χ1n) is 9.99. The van der Waals surface area contributed by atoms with Gasteiger partial charge in [0.25, 0.3) is 5.56 Å². The van der Waals surface area contributed by atoms with Crippen LogP contribution >= 0.6 is 11.8 Å². The molecule has 1 aliphatic heterocycles. The van der Waals surface area contributed by atoms with Crippen LogP contribution in [0.25, 0.3) is 10.9 Å². The van der Waals surface area contributed by atoms with Gasteiger partial charge in [-0.2, -0.15) is 0 Å². The maximum atomic E-state index is 13.1. The molecule has 156 valence electrons. The molecule has 1 saturated carbocycles. The summed E-state index contributed by atoms with van der Waals surface area (Å²) in [6.07, 6.45) is 2.37. The van der Waals surface area contributed by atoms with Crippen molar-refractivity contribution in [2.24, 2.45) is 0 Å². The summed E-state index contributed by atoms with van der Waals surface area (Å²) in [6, 6.07) is 7.15. The number of nitrogens with zero attached hydrogens (tertiary/aromatic N) is 3. The van der Waals surface area contributed by atoms with E-state index >= 15 is 0 Å². The monoisotopic (exact) mass is 435 g/mol. The van der Waals surface area contributed by atoms with Crippen molar-refractivity contribution < 1.29 is 13.2 Å². The predicted molar refractivity (Wildman–Crippen MR) is 114 cm³/mol. The lowest BCUT2D eigenvalue weighted by Crippen LogP contribution is -2.44. The number of hydrogen-bond donors (Lipinski definition) is 0. The molecule has 1 amide bonds. The summed E-state index contributed by atoms with van der Waals surface area (Å²) in [4.78, 5) is 32.5. The molecule has 0 spiro atoms. The van der Waals surface area contributed by atoms with Crippen molar-refractivity contribution in [1.82, 2.24) is 14.5 Å². The van der Waals surface area contributed by atoms with Crippen LogP contribution in [0.4, 0.5) is 0 Å². The topological polar surface area (TPSA) is 89.3 Å². The van der Waals surface area contributed by atoms with E-state index in [1.54, 1.807) is 22.5 Å². The molecule has 0 bridgehead atoms. The van der Waals surface area contributed by atoms with Gasteiger partial charge in [-0.15, -0.1) is 0 Å². The molecule has 2 aliphatic rings. The second-order valence-corrected chi connectivity index (χ2v) is 11.3. The molecule has 29 heavy (non-hydrogen) atoms. The molecule has 1 aromatic heterocycles. The number of fused-ring (bicyclic) bond motifs is 1. The van der Waals surface area contributed by atoms with Gasteiger partial charge in [-0.1, -0.05) is 23.9 Å². The average Bonchev–Trinajstić information content (AvgIpc) is 3.45. The summed E-state index contributed by atoms with van der Waals surface area (Å²) in [5.41, 5.74) is 0.570. The molecule has 7 nitrogen and oxygen atoms in total. The van der Waals surface area contributed by atoms with Crippen molar-refractivity contribution in [3.8, 4) is 0 Å². The van der Waals surface area contributed by atoms with E-state index < -0.39 is 15.1 Å². The minimum Gasteiger partial charge on any atom is -0.338 e. The van der Waals surface area contributed by atoms with Gasteiger partial charge in [0.15, 0.2) is 15.0 Å². The predicted octanol–water partition coefficient (Wildman–Crippen LogP) is 2.25. The van der Waals surface area contributed by atoms with Gasteiger partial charge in [0, 0.05) is 18.6 Å². The quantitative estimate of drug-likeness (QED) is 0.511. The number of rotatable bonds is 6. The third kappa shape index (κ3) is 4.07. The zero-order valence-corrected chi connectivity index (χ0v) is 18.2. The Morgan fingerprint density at radius 2 is 2.03 bits per heavy atom. The van der Waals surface area contributed by atoms with E-state index in [9.17, 15) is 18.0 Å². The van der Waals surface area contributed by atoms with E-state index in [1.807, 2.05) is 25.1 Å². The molecule has 1 aliphatic carbocycles. The molecule has 2 atom stereocenters. The van der Waals surface area contributed by atoms with E-state index in [-0.39, 0.29) is 35.1 Å². The Kier molecular flexibility index (Phi) is 5.46. The highest BCUT2D eigenvalue weighted by Crippen LogP contribution is 2.38. The Morgan fingerprint density at radius 3 is 2.66 bits per heavy atom. The first-order valence-corrected chi connectivity index (χ1v) is 12.7. The second kappa shape index (κ2) is 7.75. The molecule has 4 rings (SSSR count). The lowest BCUT2D eigenvalue weighted by molar-refractivity contribution is -0.131. The third-order valence-corrected chi connectivity index (χ3v) is 8.39. The Bertz CT molecular complexity index is 1110. The number of sulfone groups is 1. The summed E-state index contributed by atoms with van der Waals surface area (Å²) in [5, 5.41) is 0.692. The third-order valence-electron chi connectivity index (χ3n) is 5.59. The number of amides is 1. The maximum Gasteiger partial charge on any atom is 0.262 e. The van der Waals surface area contributed by atoms with Crippen molar-refractivity contribution in [2.45, 2.75) is 55.6 Å². The fourth-order valence-electron chi connectivity index (χ4n) is 3.92. The maximum absolute atomic E-state index is 13.1. The molecule has 9 heteroatoms. The molecule has 0 unspecified atom stereocenters. The number of carbonyl (C=O) groups is 1. The van der Waals surface area contributed by atoms with E-state index in [1.165, 1.54) is 11.8 Å². The van der Waals surface area contributed by atoms with Gasteiger partial charge in [-0.05, 0) is 45.2 Å². The van der Waals surface area contributed by atoms with Crippen molar-refractivity contribution in [2.75, 3.05) is 18.1 Å². The van der Waals surface area contributed by atoms with Crippen molar-refractivity contribution in [3.63, 3.8) is 0 Å². The summed E-state index contributed by atoms with van der Waals surface area (Å²) in [7, 11) is -3.07. The van der Waals surface area contributed by atoms with Gasteiger partial charge in [0.05, 0.1) is 27.7 Å². The number of thioether (sulfide) groups is 1. The van der Waals surface area contributed by atoms with Crippen LogP contribution in [0.3, 0.4) is 0 Å². The highest BCUT2D eigenvalue weighted by atomic mass is 32.2. The highest BCUT2D eigenvalue weighted by Gasteiger charge is 2.36. The van der Waals surface area contributed by atoms with Crippen molar-refractivity contribution >= 4 is 38.4 Å². The molecule has 2 heterocycles. The fraction of sp³-hybridized carbons (Fsp3) is 0.550. The fourth-order valence-corrected chi connectivity index (χ4v) is 6.70. The zero-order valence-electron chi connectivity index (χ0n) is 16.6. The molecular weight excluding hydrogens is 410 g/mol. The van der Waals surface area contributed by atoms with E-state index in [0.29, 0.717) is 29.0 Å². The highest BCUT2D eigenvalue weighted by molar-refractivity contribution is 8.00. The molecule has 0 N–H and O–H groups in total. The first kappa shape index (κ1) is 20.4. The molecule has 1 aromatic carbocycles. The standard InChI is InChI=1S/C20H25N3O4S2/c1-3-22(15-10-11-29(26,27)12-15)18(24)13(2)28-20-21-17-7-5-4-6-16(17)19(25)23(20)14-8-9-14/h4-7,13-15H,3,8-12H2,1-2H3/t13-,15+/m0/s1. The van der Waals surface area contributed by atoms with Gasteiger partial charge >= 0.3 is 0 Å². The van der Waals surface area contributed by atoms with Crippen LogP contribution in [0.2, 0.25) is 0 Å². The lowest BCUT2D eigenvalue weighted by Gasteiger charge is -2.29. The van der Waals surface area contributed by atoms with Crippen LogP contribution in [-0.2, 0) is 14.6 Å². The zero-order chi connectivity index (χ0) is 20.8. The van der Waals surface area contributed by atoms with E-state index in [0.717, 1.165) is 12.8 Å². The van der Waals surface area contributed by atoms with Crippen molar-refractivity contribution in [3.05, 3.63) is 34.6 Å². The number of aromatic nitrogens is 2. The second-order valence-electron chi connectivity index (χ2n) is 7.76. The molecule has 2 fully saturated rings. The van der Waals surface area contributed by atoms with Gasteiger partial charge in [-0.25, -0.2) is 13.4 Å². The van der Waals surface area contributed by atoms with Gasteiger partial charge < -0.3 is 4.90 Å². The average molecular weight is 436 g/mol. The largest absolute Gasteiger partial charge is 0.338 e. The normalized spacial score (nSPS) is 21.9. The first-order chi connectivity index (χ1) is 13.8. The molecule has 2 aromatic rings. The number of carbonyl (C=O) groups excluding carboxylic acids is 1. The number of hydrogen-bond acceptors (Lipinski definition) is 6. The molecular formula is C20H25N3O4S2. The summed E-state index contributed by atoms with van der Waals surface area (Å²) in [6.45, 7) is 4.14. The minimum absolute atomic E-state index is 0.0327. The van der Waals surface area contributed by atoms with E-state index in [2.05, 4.69) is 4.98 Å². The smallest absolute Gasteiger partial charge is 0.262 e. The Labute approximate surface area is 174 Å². The molecule has 1 saturated heterocycles. The van der Waals surface area contributed by atoms with Crippen molar-refractivity contribution in [1.29, 1.82) is 0 Å². The van der Waals surface area contributed by atoms with Gasteiger partial charge in [-0.3, -0.25) is 14.2 Å². The summed E-state index contributed by atoms with van der Waals surface area (Å²) >= 11 is 1.29. The van der Waals surface area contributed by atoms with Crippen LogP contribution < -0.4 is 5.56 Å². The lowest BCUT2D eigenvalue weighted by atomic mass is 10.2. The summed E-state index contributed by atoms with van der Waals surface area (Å²) < 4.78 is 25.4. The molecule has 0 radical (unpaired) electrons. The van der Waals surface area contributed by atoms with Crippen LogP contribution in [0.5, 0.6) is 0 Å². The van der Waals surface area contributed by atoms with Crippen LogP contribution in [0.1, 0.15) is 39.2 Å². The Hall–Kier alpha value is -1.87. The SMILES string of the molecule is CCN(C(=O)[C@H](C)Sc1nc2ccccc2c(=O)n1C1CC1)[C@@H]1CCS(=O)(=O)C1. The van der Waals surface area contributed by atoms with Crippen LogP contribution in [0.15, 0.2) is 34.2 Å². The Morgan fingerprint density at radius 1 is 1.31 bits per heavy atom. The number of benzene rings is 1. The van der Waals surface area contributed by atoms with Gasteiger partial charge in [0.1, 0.15) is 0 Å². The minimum atomic E-state index is -3.07. The number of para-hydroxylation sites is 1. The van der Waals surface area contributed by atoms with Crippen LogP contribution in [0, 0.1) is 0 Å². The van der Waals surface area contributed by atoms with Gasteiger partial charge in [0.2, 0.25) is 5.91 Å².